The summed E-state index contributed by atoms with van der Waals surface area (Å²) in [4.78, 5) is 4.27. The van der Waals surface area contributed by atoms with Crippen molar-refractivity contribution < 1.29 is 4.74 Å². The number of aryl methyl sites for hydroxylation is 1. The largest absolute Gasteiger partial charge is 0.501 e. The van der Waals surface area contributed by atoms with Crippen LogP contribution in [0.4, 0.5) is 0 Å². The molecule has 0 atom stereocenters. The van der Waals surface area contributed by atoms with E-state index in [0.29, 0.717) is 6.61 Å². The Labute approximate surface area is 95.6 Å². The number of rotatable bonds is 3. The topological polar surface area (TPSA) is 22.1 Å². The minimum absolute atomic E-state index is 0.701. The van der Waals surface area contributed by atoms with Gasteiger partial charge >= 0.3 is 0 Å². The first kappa shape index (κ1) is 10.7. The molecular weight excluding hydrogens is 198 g/mol. The Morgan fingerprint density at radius 2 is 2.12 bits per heavy atom. The van der Waals surface area contributed by atoms with Crippen molar-refractivity contribution in [2.24, 2.45) is 0 Å². The Morgan fingerprint density at radius 1 is 1.25 bits per heavy atom. The van der Waals surface area contributed by atoms with E-state index in [2.05, 4.69) is 29.2 Å². The summed E-state index contributed by atoms with van der Waals surface area (Å²) >= 11 is 0. The van der Waals surface area contributed by atoms with E-state index in [0.717, 1.165) is 11.3 Å². The Bertz CT molecular complexity index is 517. The van der Waals surface area contributed by atoms with Gasteiger partial charge in [0.25, 0.3) is 0 Å². The van der Waals surface area contributed by atoms with Crippen LogP contribution in [0, 0.1) is 6.92 Å². The highest BCUT2D eigenvalue weighted by atomic mass is 16.5. The second-order valence-electron chi connectivity index (χ2n) is 3.69. The highest BCUT2D eigenvalue weighted by Gasteiger charge is 1.95. The van der Waals surface area contributed by atoms with Gasteiger partial charge in [0.05, 0.1) is 12.9 Å². The van der Waals surface area contributed by atoms with Crippen LogP contribution in [0.25, 0.3) is 16.8 Å². The number of pyridine rings is 1. The third kappa shape index (κ3) is 2.40. The second kappa shape index (κ2) is 4.79. The first-order valence-electron chi connectivity index (χ1n) is 5.44. The molecule has 2 rings (SSSR count). The maximum Gasteiger partial charge on any atom is 0.0845 e. The molecule has 82 valence electrons. The first-order chi connectivity index (χ1) is 7.79. The van der Waals surface area contributed by atoms with Gasteiger partial charge in [-0.25, -0.2) is 0 Å². The van der Waals surface area contributed by atoms with E-state index in [9.17, 15) is 0 Å². The molecule has 2 nitrogen and oxygen atoms in total. The van der Waals surface area contributed by atoms with E-state index < -0.39 is 0 Å². The molecule has 0 amide bonds. The standard InChI is InChI=1S/C14H15NO/c1-3-16-7-6-12-4-5-13-10-15-11(2)8-14(13)9-12/h4-10H,3H2,1-2H3. The number of hydrogen-bond donors (Lipinski definition) is 0. The van der Waals surface area contributed by atoms with Gasteiger partial charge in [0.15, 0.2) is 0 Å². The lowest BCUT2D eigenvalue weighted by atomic mass is 10.1. The first-order valence-corrected chi connectivity index (χ1v) is 5.44. The molecule has 1 heterocycles. The van der Waals surface area contributed by atoms with Crippen LogP contribution < -0.4 is 0 Å². The molecule has 0 saturated heterocycles. The number of hydrogen-bond acceptors (Lipinski definition) is 2. The quantitative estimate of drug-likeness (QED) is 0.727. The van der Waals surface area contributed by atoms with Crippen molar-refractivity contribution in [1.82, 2.24) is 4.98 Å². The summed E-state index contributed by atoms with van der Waals surface area (Å²) in [6, 6.07) is 8.37. The Hall–Kier alpha value is -1.83. The SMILES string of the molecule is CCOC=Cc1ccc2cnc(C)cc2c1. The minimum atomic E-state index is 0.701. The molecule has 0 aliphatic heterocycles. The van der Waals surface area contributed by atoms with Crippen LogP contribution in [0.1, 0.15) is 18.2 Å². The van der Waals surface area contributed by atoms with Gasteiger partial charge in [-0.2, -0.15) is 0 Å². The zero-order chi connectivity index (χ0) is 11.4. The Balaban J connectivity index is 2.35. The highest BCUT2D eigenvalue weighted by molar-refractivity contribution is 5.84. The lowest BCUT2D eigenvalue weighted by Crippen LogP contribution is -1.82. The van der Waals surface area contributed by atoms with Gasteiger partial charge in [-0.1, -0.05) is 12.1 Å². The van der Waals surface area contributed by atoms with Crippen molar-refractivity contribution >= 4 is 16.8 Å². The Morgan fingerprint density at radius 3 is 2.94 bits per heavy atom. The predicted molar refractivity (Wildman–Crippen MR) is 67.1 cm³/mol. The van der Waals surface area contributed by atoms with Crippen molar-refractivity contribution in [3.63, 3.8) is 0 Å². The van der Waals surface area contributed by atoms with Crippen molar-refractivity contribution in [1.29, 1.82) is 0 Å². The van der Waals surface area contributed by atoms with Gasteiger partial charge in [0.1, 0.15) is 0 Å². The second-order valence-corrected chi connectivity index (χ2v) is 3.69. The molecule has 2 aromatic rings. The van der Waals surface area contributed by atoms with E-state index in [1.54, 1.807) is 6.26 Å². The van der Waals surface area contributed by atoms with Crippen LogP contribution in [-0.4, -0.2) is 11.6 Å². The summed E-state index contributed by atoms with van der Waals surface area (Å²) in [7, 11) is 0. The lowest BCUT2D eigenvalue weighted by Gasteiger charge is -2.00. The fraction of sp³-hybridized carbons (Fsp3) is 0.214. The highest BCUT2D eigenvalue weighted by Crippen LogP contribution is 2.16. The summed E-state index contributed by atoms with van der Waals surface area (Å²) in [5.41, 5.74) is 2.19. The van der Waals surface area contributed by atoms with Crippen LogP contribution in [0.15, 0.2) is 36.7 Å². The minimum Gasteiger partial charge on any atom is -0.501 e. The van der Waals surface area contributed by atoms with Crippen molar-refractivity contribution in [2.45, 2.75) is 13.8 Å². The number of benzene rings is 1. The maximum atomic E-state index is 5.18. The maximum absolute atomic E-state index is 5.18. The fourth-order valence-electron chi connectivity index (χ4n) is 1.60. The molecule has 2 heteroatoms. The summed E-state index contributed by atoms with van der Waals surface area (Å²) in [5.74, 6) is 0. The molecule has 0 spiro atoms. The molecule has 0 aliphatic rings. The van der Waals surface area contributed by atoms with Crippen LogP contribution in [0.2, 0.25) is 0 Å². The molecule has 1 aromatic heterocycles. The third-order valence-corrected chi connectivity index (χ3v) is 2.41. The average molecular weight is 213 g/mol. The smallest absolute Gasteiger partial charge is 0.0845 e. The molecule has 1 aromatic carbocycles. The molecule has 0 unspecified atom stereocenters. The van der Waals surface area contributed by atoms with Crippen molar-refractivity contribution in [3.05, 3.63) is 48.0 Å². The average Bonchev–Trinajstić information content (AvgIpc) is 2.29. The molecule has 16 heavy (non-hydrogen) atoms. The zero-order valence-corrected chi connectivity index (χ0v) is 9.60. The molecule has 0 N–H and O–H groups in total. The summed E-state index contributed by atoms with van der Waals surface area (Å²) < 4.78 is 5.18. The molecular formula is C14H15NO. The van der Waals surface area contributed by atoms with E-state index in [4.69, 9.17) is 4.74 Å². The van der Waals surface area contributed by atoms with Gasteiger partial charge in [-0.05, 0) is 43.0 Å². The number of aromatic nitrogens is 1. The summed E-state index contributed by atoms with van der Waals surface area (Å²) in [6.45, 7) is 4.68. The van der Waals surface area contributed by atoms with E-state index in [-0.39, 0.29) is 0 Å². The molecule has 0 fully saturated rings. The third-order valence-electron chi connectivity index (χ3n) is 2.41. The van der Waals surface area contributed by atoms with Gasteiger partial charge in [-0.3, -0.25) is 4.98 Å². The van der Waals surface area contributed by atoms with Crippen LogP contribution in [0.3, 0.4) is 0 Å². The Kier molecular flexibility index (Phi) is 3.20. The number of fused-ring (bicyclic) bond motifs is 1. The molecule has 0 radical (unpaired) electrons. The number of nitrogens with zero attached hydrogens (tertiary/aromatic N) is 1. The van der Waals surface area contributed by atoms with E-state index in [1.165, 1.54) is 10.8 Å². The lowest BCUT2D eigenvalue weighted by molar-refractivity contribution is 0.272. The van der Waals surface area contributed by atoms with Crippen molar-refractivity contribution in [3.8, 4) is 0 Å². The van der Waals surface area contributed by atoms with Gasteiger partial charge in [-0.15, -0.1) is 0 Å². The van der Waals surface area contributed by atoms with Crippen LogP contribution in [0.5, 0.6) is 0 Å². The number of ether oxygens (including phenoxy) is 1. The van der Waals surface area contributed by atoms with Gasteiger partial charge < -0.3 is 4.74 Å². The molecule has 0 bridgehead atoms. The monoisotopic (exact) mass is 213 g/mol. The fourth-order valence-corrected chi connectivity index (χ4v) is 1.60. The van der Waals surface area contributed by atoms with E-state index >= 15 is 0 Å². The van der Waals surface area contributed by atoms with Crippen molar-refractivity contribution in [2.75, 3.05) is 6.61 Å². The zero-order valence-electron chi connectivity index (χ0n) is 9.60. The predicted octanol–water partition coefficient (Wildman–Crippen LogP) is 3.55. The summed E-state index contributed by atoms with van der Waals surface area (Å²) in [6.07, 6.45) is 5.61. The van der Waals surface area contributed by atoms with Crippen LogP contribution in [-0.2, 0) is 4.74 Å². The van der Waals surface area contributed by atoms with Gasteiger partial charge in [0, 0.05) is 17.3 Å². The normalized spacial score (nSPS) is 11.1. The molecule has 0 aliphatic carbocycles. The van der Waals surface area contributed by atoms with Gasteiger partial charge in [0.2, 0.25) is 0 Å². The van der Waals surface area contributed by atoms with E-state index in [1.807, 2.05) is 26.1 Å². The molecule has 0 saturated carbocycles. The summed E-state index contributed by atoms with van der Waals surface area (Å²) in [5, 5.41) is 2.38. The van der Waals surface area contributed by atoms with Crippen LogP contribution >= 0.6 is 0 Å².